The smallest absolute Gasteiger partial charge is 0.252 e. The van der Waals surface area contributed by atoms with E-state index in [4.69, 9.17) is 17.3 Å². The number of carbonyl (C=O) groups is 1. The van der Waals surface area contributed by atoms with Crippen molar-refractivity contribution in [1.82, 2.24) is 5.32 Å². The number of nitrogens with one attached hydrogen (secondary N) is 1. The van der Waals surface area contributed by atoms with Gasteiger partial charge in [0.15, 0.2) is 0 Å². The van der Waals surface area contributed by atoms with Gasteiger partial charge in [0.2, 0.25) is 0 Å². The third-order valence-electron chi connectivity index (χ3n) is 3.99. The SMILES string of the molecule is Cc1ccc(Cl)cc1C(=O)NC1CCc2cc(N)ccc21. The molecule has 0 radical (unpaired) electrons. The van der Waals surface area contributed by atoms with E-state index in [1.54, 1.807) is 12.1 Å². The summed E-state index contributed by atoms with van der Waals surface area (Å²) in [5.74, 6) is -0.0790. The van der Waals surface area contributed by atoms with Crippen LogP contribution in [0.15, 0.2) is 36.4 Å². The lowest BCUT2D eigenvalue weighted by atomic mass is 10.1. The Morgan fingerprint density at radius 1 is 1.29 bits per heavy atom. The molecule has 108 valence electrons. The molecule has 1 aliphatic carbocycles. The van der Waals surface area contributed by atoms with Crippen molar-refractivity contribution < 1.29 is 4.79 Å². The summed E-state index contributed by atoms with van der Waals surface area (Å²) < 4.78 is 0. The van der Waals surface area contributed by atoms with E-state index in [-0.39, 0.29) is 11.9 Å². The van der Waals surface area contributed by atoms with E-state index in [9.17, 15) is 4.79 Å². The van der Waals surface area contributed by atoms with Gasteiger partial charge in [0.1, 0.15) is 0 Å². The number of benzene rings is 2. The molecule has 0 saturated carbocycles. The maximum atomic E-state index is 12.5. The van der Waals surface area contributed by atoms with Crippen LogP contribution in [0.25, 0.3) is 0 Å². The van der Waals surface area contributed by atoms with E-state index in [1.165, 1.54) is 5.56 Å². The van der Waals surface area contributed by atoms with Crippen molar-refractivity contribution in [2.45, 2.75) is 25.8 Å². The number of halogens is 1. The Balaban J connectivity index is 1.82. The molecule has 1 amide bonds. The highest BCUT2D eigenvalue weighted by Gasteiger charge is 2.24. The average Bonchev–Trinajstić information content (AvgIpc) is 2.83. The minimum atomic E-state index is -0.0790. The largest absolute Gasteiger partial charge is 0.399 e. The number of carbonyl (C=O) groups excluding carboxylic acids is 1. The molecule has 2 aromatic carbocycles. The summed E-state index contributed by atoms with van der Waals surface area (Å²) >= 11 is 5.98. The number of hydrogen-bond donors (Lipinski definition) is 2. The molecule has 0 aliphatic heterocycles. The van der Waals surface area contributed by atoms with Crippen LogP contribution in [0.3, 0.4) is 0 Å². The van der Waals surface area contributed by atoms with E-state index in [0.717, 1.165) is 29.7 Å². The van der Waals surface area contributed by atoms with Crippen LogP contribution in [-0.2, 0) is 6.42 Å². The molecule has 1 aliphatic rings. The average molecular weight is 301 g/mol. The Morgan fingerprint density at radius 3 is 2.90 bits per heavy atom. The Labute approximate surface area is 129 Å². The summed E-state index contributed by atoms with van der Waals surface area (Å²) in [7, 11) is 0. The molecule has 0 spiro atoms. The highest BCUT2D eigenvalue weighted by molar-refractivity contribution is 6.31. The maximum absolute atomic E-state index is 12.5. The molecule has 3 N–H and O–H groups in total. The van der Waals surface area contributed by atoms with Crippen LogP contribution in [0, 0.1) is 6.92 Å². The maximum Gasteiger partial charge on any atom is 0.252 e. The fraction of sp³-hybridized carbons (Fsp3) is 0.235. The van der Waals surface area contributed by atoms with Gasteiger partial charge in [0.05, 0.1) is 6.04 Å². The van der Waals surface area contributed by atoms with Crippen molar-refractivity contribution in [3.8, 4) is 0 Å². The van der Waals surface area contributed by atoms with Crippen LogP contribution >= 0.6 is 11.6 Å². The van der Waals surface area contributed by atoms with Crippen LogP contribution in [0.4, 0.5) is 5.69 Å². The number of nitrogen functional groups attached to an aromatic ring is 1. The van der Waals surface area contributed by atoms with Crippen LogP contribution in [0.5, 0.6) is 0 Å². The minimum absolute atomic E-state index is 0.0477. The molecule has 1 atom stereocenters. The quantitative estimate of drug-likeness (QED) is 0.832. The molecule has 1 unspecified atom stereocenters. The summed E-state index contributed by atoms with van der Waals surface area (Å²) in [6.07, 6.45) is 1.85. The molecular weight excluding hydrogens is 284 g/mol. The lowest BCUT2D eigenvalue weighted by Crippen LogP contribution is -2.27. The standard InChI is InChI=1S/C17H17ClN2O/c1-10-2-4-12(18)9-15(10)17(21)20-16-7-3-11-8-13(19)5-6-14(11)16/h2,4-6,8-9,16H,3,7,19H2,1H3,(H,20,21). The van der Waals surface area contributed by atoms with E-state index in [2.05, 4.69) is 5.32 Å². The summed E-state index contributed by atoms with van der Waals surface area (Å²) in [5.41, 5.74) is 10.5. The van der Waals surface area contributed by atoms with Gasteiger partial charge in [-0.05, 0) is 60.7 Å². The highest BCUT2D eigenvalue weighted by atomic mass is 35.5. The predicted molar refractivity (Wildman–Crippen MR) is 85.6 cm³/mol. The number of nitrogens with two attached hydrogens (primary N) is 1. The molecular formula is C17H17ClN2O. The summed E-state index contributed by atoms with van der Waals surface area (Å²) in [5, 5.41) is 3.67. The number of hydrogen-bond acceptors (Lipinski definition) is 2. The second-order valence-corrected chi connectivity index (χ2v) is 5.92. The van der Waals surface area contributed by atoms with Gasteiger partial charge < -0.3 is 11.1 Å². The van der Waals surface area contributed by atoms with Gasteiger partial charge in [-0.3, -0.25) is 4.79 Å². The van der Waals surface area contributed by atoms with Crippen molar-refractivity contribution in [3.05, 3.63) is 63.7 Å². The summed E-state index contributed by atoms with van der Waals surface area (Å²) in [6.45, 7) is 1.91. The lowest BCUT2D eigenvalue weighted by Gasteiger charge is -2.15. The van der Waals surface area contributed by atoms with Crippen LogP contribution in [0.2, 0.25) is 5.02 Å². The molecule has 0 bridgehead atoms. The molecule has 4 heteroatoms. The van der Waals surface area contributed by atoms with Gasteiger partial charge in [-0.1, -0.05) is 23.7 Å². The summed E-state index contributed by atoms with van der Waals surface area (Å²) in [4.78, 5) is 12.5. The Bertz CT molecular complexity index is 712. The minimum Gasteiger partial charge on any atom is -0.399 e. The third kappa shape index (κ3) is 2.74. The zero-order valence-corrected chi connectivity index (χ0v) is 12.6. The third-order valence-corrected chi connectivity index (χ3v) is 4.23. The van der Waals surface area contributed by atoms with Gasteiger partial charge in [0, 0.05) is 16.3 Å². The normalized spacial score (nSPS) is 16.6. The topological polar surface area (TPSA) is 55.1 Å². The second-order valence-electron chi connectivity index (χ2n) is 5.48. The molecule has 0 fully saturated rings. The second kappa shape index (κ2) is 5.41. The van der Waals surface area contributed by atoms with Gasteiger partial charge >= 0.3 is 0 Å². The van der Waals surface area contributed by atoms with E-state index < -0.39 is 0 Å². The van der Waals surface area contributed by atoms with Crippen LogP contribution in [-0.4, -0.2) is 5.91 Å². The van der Waals surface area contributed by atoms with E-state index in [1.807, 2.05) is 31.2 Å². The van der Waals surface area contributed by atoms with Gasteiger partial charge in [-0.25, -0.2) is 0 Å². The van der Waals surface area contributed by atoms with Crippen molar-refractivity contribution in [3.63, 3.8) is 0 Å². The van der Waals surface area contributed by atoms with E-state index >= 15 is 0 Å². The van der Waals surface area contributed by atoms with Gasteiger partial charge in [0.25, 0.3) is 5.91 Å². The number of rotatable bonds is 2. The first-order valence-electron chi connectivity index (χ1n) is 7.00. The first kappa shape index (κ1) is 14.0. The zero-order valence-electron chi connectivity index (χ0n) is 11.8. The fourth-order valence-electron chi connectivity index (χ4n) is 2.86. The van der Waals surface area contributed by atoms with Crippen molar-refractivity contribution in [1.29, 1.82) is 0 Å². The molecule has 3 rings (SSSR count). The Hall–Kier alpha value is -2.00. The highest BCUT2D eigenvalue weighted by Crippen LogP contribution is 2.32. The number of amides is 1. The predicted octanol–water partition coefficient (Wildman–Crippen LogP) is 3.65. The first-order valence-corrected chi connectivity index (χ1v) is 7.37. The molecule has 21 heavy (non-hydrogen) atoms. The van der Waals surface area contributed by atoms with Crippen LogP contribution in [0.1, 0.15) is 39.5 Å². The number of fused-ring (bicyclic) bond motifs is 1. The number of aryl methyl sites for hydroxylation is 2. The lowest BCUT2D eigenvalue weighted by molar-refractivity contribution is 0.0936. The zero-order chi connectivity index (χ0) is 15.0. The number of anilines is 1. The van der Waals surface area contributed by atoms with Crippen molar-refractivity contribution in [2.75, 3.05) is 5.73 Å². The van der Waals surface area contributed by atoms with E-state index in [0.29, 0.717) is 10.6 Å². The fourth-order valence-corrected chi connectivity index (χ4v) is 3.03. The molecule has 3 nitrogen and oxygen atoms in total. The first-order chi connectivity index (χ1) is 10.0. The van der Waals surface area contributed by atoms with Crippen molar-refractivity contribution >= 4 is 23.2 Å². The molecule has 0 heterocycles. The molecule has 2 aromatic rings. The van der Waals surface area contributed by atoms with Crippen LogP contribution < -0.4 is 11.1 Å². The molecule has 0 saturated heterocycles. The Morgan fingerprint density at radius 2 is 2.10 bits per heavy atom. The van der Waals surface area contributed by atoms with Gasteiger partial charge in [-0.15, -0.1) is 0 Å². The molecule has 0 aromatic heterocycles. The summed E-state index contributed by atoms with van der Waals surface area (Å²) in [6, 6.07) is 11.3. The van der Waals surface area contributed by atoms with Crippen molar-refractivity contribution in [2.24, 2.45) is 0 Å². The Kier molecular flexibility index (Phi) is 3.60. The van der Waals surface area contributed by atoms with Gasteiger partial charge in [-0.2, -0.15) is 0 Å². The monoisotopic (exact) mass is 300 g/mol.